The fourth-order valence-corrected chi connectivity index (χ4v) is 5.05. The minimum absolute atomic E-state index is 0.0779. The molecule has 180 valence electrons. The van der Waals surface area contributed by atoms with Crippen LogP contribution in [0.15, 0.2) is 30.3 Å². The van der Waals surface area contributed by atoms with E-state index in [0.717, 1.165) is 9.87 Å². The maximum atomic E-state index is 13.1. The summed E-state index contributed by atoms with van der Waals surface area (Å²) in [6, 6.07) is 7.90. The molecule has 0 aromatic heterocycles. The summed E-state index contributed by atoms with van der Waals surface area (Å²) in [5.41, 5.74) is 7.77. The predicted octanol–water partition coefficient (Wildman–Crippen LogP) is 3.59. The lowest BCUT2D eigenvalue weighted by Crippen LogP contribution is -2.39. The van der Waals surface area contributed by atoms with Gasteiger partial charge in [0.15, 0.2) is 0 Å². The molecule has 0 spiro atoms. The first kappa shape index (κ1) is 26.2. The summed E-state index contributed by atoms with van der Waals surface area (Å²) in [6.45, 7) is 10.5. The van der Waals surface area contributed by atoms with E-state index in [2.05, 4.69) is 5.32 Å². The zero-order valence-corrected chi connectivity index (χ0v) is 20.8. The van der Waals surface area contributed by atoms with Crippen LogP contribution in [-0.2, 0) is 20.2 Å². The molecular weight excluding hydrogens is 442 g/mol. The molecule has 0 fully saturated rings. The maximum Gasteiger partial charge on any atom is 0.248 e. The maximum absolute atomic E-state index is 13.1. The van der Waals surface area contributed by atoms with Crippen LogP contribution in [0.3, 0.4) is 0 Å². The van der Waals surface area contributed by atoms with Gasteiger partial charge in [-0.2, -0.15) is 0 Å². The van der Waals surface area contributed by atoms with Gasteiger partial charge < -0.3 is 16.2 Å². The third-order valence-electron chi connectivity index (χ3n) is 5.24. The molecule has 2 amide bonds. The molecule has 2 rings (SSSR count). The molecule has 8 nitrogen and oxygen atoms in total. The Morgan fingerprint density at radius 1 is 1.09 bits per heavy atom. The topological polar surface area (TPSA) is 130 Å². The number of carbonyl (C=O) groups excluding carboxylic acids is 2. The summed E-state index contributed by atoms with van der Waals surface area (Å²) >= 11 is 0. The summed E-state index contributed by atoms with van der Waals surface area (Å²) in [7, 11) is -3.80. The number of sulfonamides is 1. The largest absolute Gasteiger partial charge is 0.507 e. The van der Waals surface area contributed by atoms with Crippen molar-refractivity contribution in [2.75, 3.05) is 21.9 Å². The van der Waals surface area contributed by atoms with Gasteiger partial charge in [0.25, 0.3) is 0 Å². The smallest absolute Gasteiger partial charge is 0.248 e. The van der Waals surface area contributed by atoms with E-state index in [0.29, 0.717) is 28.9 Å². The van der Waals surface area contributed by atoms with Crippen molar-refractivity contribution in [2.45, 2.75) is 53.4 Å². The first-order chi connectivity index (χ1) is 15.2. The van der Waals surface area contributed by atoms with Gasteiger partial charge in [-0.1, -0.05) is 33.8 Å². The summed E-state index contributed by atoms with van der Waals surface area (Å²) in [4.78, 5) is 24.7. The quantitative estimate of drug-likeness (QED) is 0.537. The van der Waals surface area contributed by atoms with Gasteiger partial charge in [0.2, 0.25) is 21.8 Å². The second-order valence-electron chi connectivity index (χ2n) is 9.17. The minimum Gasteiger partial charge on any atom is -0.507 e. The van der Waals surface area contributed by atoms with Crippen LogP contribution in [0.5, 0.6) is 5.75 Å². The summed E-state index contributed by atoms with van der Waals surface area (Å²) in [5.74, 6) is -1.25. The number of aryl methyl sites for hydroxylation is 2. The monoisotopic (exact) mass is 475 g/mol. The van der Waals surface area contributed by atoms with Crippen LogP contribution in [0, 0.1) is 13.8 Å². The highest BCUT2D eigenvalue weighted by Gasteiger charge is 2.27. The van der Waals surface area contributed by atoms with Crippen LogP contribution in [0.1, 0.15) is 61.2 Å². The van der Waals surface area contributed by atoms with Gasteiger partial charge in [-0.3, -0.25) is 13.9 Å². The molecule has 33 heavy (non-hydrogen) atoms. The van der Waals surface area contributed by atoms with Crippen molar-refractivity contribution in [2.24, 2.45) is 5.73 Å². The molecule has 9 heteroatoms. The van der Waals surface area contributed by atoms with Crippen molar-refractivity contribution in [1.82, 2.24) is 0 Å². The molecule has 0 unspecified atom stereocenters. The highest BCUT2D eigenvalue weighted by molar-refractivity contribution is 7.92. The summed E-state index contributed by atoms with van der Waals surface area (Å²) in [6.07, 6.45) is 0.380. The van der Waals surface area contributed by atoms with E-state index >= 15 is 0 Å². The molecule has 0 saturated carbocycles. The summed E-state index contributed by atoms with van der Waals surface area (Å²) < 4.78 is 27.1. The Kier molecular flexibility index (Phi) is 7.79. The number of phenols is 1. The lowest BCUT2D eigenvalue weighted by molar-refractivity contribution is -0.114. The highest BCUT2D eigenvalue weighted by Crippen LogP contribution is 2.32. The highest BCUT2D eigenvalue weighted by atomic mass is 32.2. The SMILES string of the molecule is CCCS(=O)(=O)N(CC(=O)Nc1cc(C(N)=O)ccc1C(C)(C)C)c1cc(C)c(O)c(C)c1. The number of anilines is 2. The van der Waals surface area contributed by atoms with Gasteiger partial charge >= 0.3 is 0 Å². The first-order valence-corrected chi connectivity index (χ1v) is 12.3. The van der Waals surface area contributed by atoms with Crippen molar-refractivity contribution in [1.29, 1.82) is 0 Å². The van der Waals surface area contributed by atoms with Gasteiger partial charge in [-0.05, 0) is 66.6 Å². The number of carbonyl (C=O) groups is 2. The van der Waals surface area contributed by atoms with E-state index in [1.54, 1.807) is 32.9 Å². The molecule has 0 aliphatic rings. The van der Waals surface area contributed by atoms with Crippen molar-refractivity contribution < 1.29 is 23.1 Å². The Hall–Kier alpha value is -3.07. The summed E-state index contributed by atoms with van der Waals surface area (Å²) in [5, 5.41) is 12.9. The number of hydrogen-bond acceptors (Lipinski definition) is 5. The Bertz CT molecular complexity index is 1140. The first-order valence-electron chi connectivity index (χ1n) is 10.7. The van der Waals surface area contributed by atoms with Crippen molar-refractivity contribution >= 4 is 33.2 Å². The van der Waals surface area contributed by atoms with E-state index in [1.165, 1.54) is 18.2 Å². The number of rotatable bonds is 8. The van der Waals surface area contributed by atoms with Gasteiger partial charge in [0, 0.05) is 11.3 Å². The van der Waals surface area contributed by atoms with Crippen LogP contribution in [0.2, 0.25) is 0 Å². The van der Waals surface area contributed by atoms with Crippen molar-refractivity contribution in [3.8, 4) is 5.75 Å². The molecule has 0 atom stereocenters. The molecule has 0 radical (unpaired) electrons. The lowest BCUT2D eigenvalue weighted by atomic mass is 9.85. The Morgan fingerprint density at radius 2 is 1.67 bits per heavy atom. The molecular formula is C24H33N3O5S. The van der Waals surface area contributed by atoms with Crippen LogP contribution in [-0.4, -0.2) is 37.6 Å². The van der Waals surface area contributed by atoms with Crippen LogP contribution in [0.4, 0.5) is 11.4 Å². The number of nitrogens with zero attached hydrogens (tertiary/aromatic N) is 1. The number of amides is 2. The number of nitrogens with two attached hydrogens (primary N) is 1. The molecule has 2 aromatic carbocycles. The van der Waals surface area contributed by atoms with Gasteiger partial charge in [-0.15, -0.1) is 0 Å². The van der Waals surface area contributed by atoms with Crippen molar-refractivity contribution in [3.63, 3.8) is 0 Å². The molecule has 0 heterocycles. The van der Waals surface area contributed by atoms with Crippen LogP contribution in [0.25, 0.3) is 0 Å². The molecule has 2 aromatic rings. The second kappa shape index (κ2) is 9.82. The predicted molar refractivity (Wildman–Crippen MR) is 131 cm³/mol. The average molecular weight is 476 g/mol. The van der Waals surface area contributed by atoms with E-state index in [9.17, 15) is 23.1 Å². The van der Waals surface area contributed by atoms with E-state index in [-0.39, 0.29) is 22.5 Å². The zero-order chi connectivity index (χ0) is 25.1. The molecule has 0 aliphatic heterocycles. The fourth-order valence-electron chi connectivity index (χ4n) is 3.57. The van der Waals surface area contributed by atoms with E-state index < -0.39 is 28.4 Å². The van der Waals surface area contributed by atoms with Crippen LogP contribution >= 0.6 is 0 Å². The molecule has 4 N–H and O–H groups in total. The standard InChI is InChI=1S/C24H33N3O5S/c1-7-10-33(31,32)27(18-11-15(2)22(29)16(3)12-18)14-21(28)26-20-13-17(23(25)30)8-9-19(20)24(4,5)6/h8-9,11-13,29H,7,10,14H2,1-6H3,(H2,25,30)(H,26,28). The molecule has 0 saturated heterocycles. The lowest BCUT2D eigenvalue weighted by Gasteiger charge is -2.27. The normalized spacial score (nSPS) is 11.8. The molecule has 0 bridgehead atoms. The Labute approximate surface area is 195 Å². The Morgan fingerprint density at radius 3 is 2.15 bits per heavy atom. The Balaban J connectivity index is 2.48. The number of primary amides is 1. The van der Waals surface area contributed by atoms with Gasteiger partial charge in [0.05, 0.1) is 11.4 Å². The number of benzene rings is 2. The molecule has 0 aliphatic carbocycles. The minimum atomic E-state index is -3.80. The number of hydrogen-bond donors (Lipinski definition) is 3. The second-order valence-corrected chi connectivity index (χ2v) is 11.2. The number of nitrogens with one attached hydrogen (secondary N) is 1. The number of aromatic hydroxyl groups is 1. The van der Waals surface area contributed by atoms with Crippen LogP contribution < -0.4 is 15.4 Å². The third-order valence-corrected chi connectivity index (χ3v) is 7.17. The van der Waals surface area contributed by atoms with Crippen molar-refractivity contribution in [3.05, 3.63) is 52.6 Å². The van der Waals surface area contributed by atoms with E-state index in [1.807, 2.05) is 20.8 Å². The average Bonchev–Trinajstić information content (AvgIpc) is 2.68. The van der Waals surface area contributed by atoms with Gasteiger partial charge in [0.1, 0.15) is 12.3 Å². The number of phenolic OH excluding ortho intramolecular Hbond substituents is 1. The third kappa shape index (κ3) is 6.25. The zero-order valence-electron chi connectivity index (χ0n) is 20.0. The van der Waals surface area contributed by atoms with E-state index in [4.69, 9.17) is 5.73 Å². The van der Waals surface area contributed by atoms with Gasteiger partial charge in [-0.25, -0.2) is 8.42 Å². The fraction of sp³-hybridized carbons (Fsp3) is 0.417.